The Morgan fingerprint density at radius 1 is 0.926 bits per heavy atom. The molecule has 0 spiro atoms. The molecule has 0 radical (unpaired) electrons. The Kier molecular flexibility index (Phi) is 12.5. The van der Waals surface area contributed by atoms with Crippen LogP contribution in [0.3, 0.4) is 0 Å². The lowest BCUT2D eigenvalue weighted by molar-refractivity contribution is -0.193. The average molecular weight is 759 g/mol. The van der Waals surface area contributed by atoms with Crippen LogP contribution in [-0.4, -0.2) is 120 Å². The van der Waals surface area contributed by atoms with Gasteiger partial charge >= 0.3 is 0 Å². The number of rotatable bonds is 11. The molecule has 11 heteroatoms. The monoisotopic (exact) mass is 759 g/mol. The Bertz CT molecular complexity index is 1310. The van der Waals surface area contributed by atoms with E-state index in [1.165, 1.54) is 19.3 Å². The van der Waals surface area contributed by atoms with E-state index in [4.69, 9.17) is 9.57 Å². The Balaban J connectivity index is 1.04. The lowest BCUT2D eigenvalue weighted by Gasteiger charge is -2.62. The van der Waals surface area contributed by atoms with Crippen molar-refractivity contribution in [2.45, 2.75) is 160 Å². The van der Waals surface area contributed by atoms with E-state index < -0.39 is 30.3 Å². The largest absolute Gasteiger partial charge is 0.394 e. The fourth-order valence-electron chi connectivity index (χ4n) is 13.6. The molecule has 11 nitrogen and oxygen atoms in total. The Hall–Kier alpha value is -1.34. The highest BCUT2D eigenvalue weighted by molar-refractivity contribution is 5.83. The zero-order valence-electron chi connectivity index (χ0n) is 34.4. The first-order valence-electron chi connectivity index (χ1n) is 21.9. The Morgan fingerprint density at radius 3 is 2.30 bits per heavy atom. The number of hydrogen-bond donors (Lipinski definition) is 5. The predicted molar refractivity (Wildman–Crippen MR) is 207 cm³/mol. The van der Waals surface area contributed by atoms with Crippen LogP contribution >= 0.6 is 0 Å². The Labute approximate surface area is 325 Å². The molecule has 0 aromatic carbocycles. The molecule has 0 aromatic heterocycles. The van der Waals surface area contributed by atoms with Crippen molar-refractivity contribution >= 4 is 11.8 Å². The van der Waals surface area contributed by atoms with Gasteiger partial charge in [0.2, 0.25) is 11.8 Å². The summed E-state index contributed by atoms with van der Waals surface area (Å²) in [5.41, 5.74) is 0.311. The van der Waals surface area contributed by atoms with Crippen molar-refractivity contribution in [1.29, 1.82) is 0 Å². The molecule has 1 saturated heterocycles. The van der Waals surface area contributed by atoms with Gasteiger partial charge < -0.3 is 35.6 Å². The first kappa shape index (κ1) is 40.8. The van der Waals surface area contributed by atoms with Gasteiger partial charge in [-0.3, -0.25) is 14.4 Å². The molecule has 1 heterocycles. The van der Waals surface area contributed by atoms with Gasteiger partial charge in [0, 0.05) is 43.5 Å². The van der Waals surface area contributed by atoms with Crippen molar-refractivity contribution in [3.8, 4) is 0 Å². The van der Waals surface area contributed by atoms with Crippen molar-refractivity contribution in [3.63, 3.8) is 0 Å². The molecule has 54 heavy (non-hydrogen) atoms. The highest BCUT2D eigenvalue weighted by atomic mass is 16.7. The SMILES string of the molecule is COC1C(CN2O[C@@H](CO)[C@H]([C@H](C)O)[C@H]2C(=O)N[C@H]2C[C@H]3C[C@@H]([C@@H]2C)C3(C)C)CCCC1C1CC(C(=O)N[C@@H]2CC3CCCCC3[C@@H]2O)CC(N(C)C)C1. The maximum Gasteiger partial charge on any atom is 0.240 e. The molecule has 8 fully saturated rings. The molecule has 18 atom stereocenters. The number of hydroxylamine groups is 2. The third-order valence-electron chi connectivity index (χ3n) is 16.9. The molecule has 1 aliphatic heterocycles. The summed E-state index contributed by atoms with van der Waals surface area (Å²) in [6.07, 6.45) is 11.3. The molecule has 5 N–H and O–H groups in total. The van der Waals surface area contributed by atoms with Crippen LogP contribution in [0.1, 0.15) is 111 Å². The molecule has 8 aliphatic rings. The number of ether oxygens (including phenoxy) is 1. The van der Waals surface area contributed by atoms with Gasteiger partial charge in [-0.25, -0.2) is 0 Å². The molecule has 7 saturated carbocycles. The Morgan fingerprint density at radius 2 is 1.65 bits per heavy atom. The lowest BCUT2D eigenvalue weighted by Crippen LogP contribution is -2.62. The number of amides is 2. The number of fused-ring (bicyclic) bond motifs is 3. The second-order valence-electron chi connectivity index (χ2n) is 20.1. The van der Waals surface area contributed by atoms with Crippen LogP contribution in [-0.2, 0) is 19.2 Å². The summed E-state index contributed by atoms with van der Waals surface area (Å²) in [7, 11) is 6.04. The highest BCUT2D eigenvalue weighted by Gasteiger charge is 2.58. The predicted octanol–water partition coefficient (Wildman–Crippen LogP) is 3.98. The van der Waals surface area contributed by atoms with Crippen LogP contribution in [0, 0.1) is 64.6 Å². The standard InChI is InChI=1S/C43H74N4O7/c1-23-33-19-29(43(33,3)4)20-34(23)44-42(52)38-37(24(2)49)36(22-48)54-47(38)21-26-12-10-14-32(40(26)53-7)27-15-28(17-30(16-27)46(5)6)41(51)45-35-18-25-11-8-9-13-31(25)39(35)50/h23-40,48-50H,8-22H2,1-7H3,(H,44,52)(H,45,51)/t23-,24-,25?,26?,27?,28?,29+,30?,31?,32?,33-,34-,35+,36-,37-,38-,39-,40?/m0/s1. The number of aliphatic hydroxyl groups excluding tert-OH is 3. The third-order valence-corrected chi connectivity index (χ3v) is 16.9. The fraction of sp³-hybridized carbons (Fsp3) is 0.953. The van der Waals surface area contributed by atoms with E-state index in [9.17, 15) is 24.9 Å². The van der Waals surface area contributed by atoms with E-state index in [2.05, 4.69) is 50.4 Å². The third kappa shape index (κ3) is 7.67. The van der Waals surface area contributed by atoms with E-state index >= 15 is 0 Å². The number of aliphatic hydroxyl groups is 3. The van der Waals surface area contributed by atoms with Crippen molar-refractivity contribution < 1.29 is 34.5 Å². The van der Waals surface area contributed by atoms with Gasteiger partial charge in [0.05, 0.1) is 31.0 Å². The number of nitrogens with zero attached hydrogens (tertiary/aromatic N) is 2. The highest BCUT2D eigenvalue weighted by Crippen LogP contribution is 2.61. The average Bonchev–Trinajstić information content (AvgIpc) is 3.68. The summed E-state index contributed by atoms with van der Waals surface area (Å²) in [6.45, 7) is 8.90. The van der Waals surface area contributed by atoms with Crippen LogP contribution < -0.4 is 10.6 Å². The summed E-state index contributed by atoms with van der Waals surface area (Å²) in [5, 5.41) is 41.2. The van der Waals surface area contributed by atoms with E-state index in [0.29, 0.717) is 47.5 Å². The van der Waals surface area contributed by atoms with Crippen LogP contribution in [0.25, 0.3) is 0 Å². The maximum atomic E-state index is 14.3. The fourth-order valence-corrected chi connectivity index (χ4v) is 13.6. The van der Waals surface area contributed by atoms with Crippen molar-refractivity contribution in [1.82, 2.24) is 20.6 Å². The number of carbonyl (C=O) groups excluding carboxylic acids is 2. The van der Waals surface area contributed by atoms with E-state index in [1.807, 2.05) is 0 Å². The molecule has 308 valence electrons. The maximum absolute atomic E-state index is 14.3. The van der Waals surface area contributed by atoms with Gasteiger partial charge in [0.25, 0.3) is 0 Å². The molecule has 8 unspecified atom stereocenters. The summed E-state index contributed by atoms with van der Waals surface area (Å²) < 4.78 is 6.41. The van der Waals surface area contributed by atoms with Crippen molar-refractivity contribution in [2.75, 3.05) is 34.4 Å². The molecule has 8 rings (SSSR count). The van der Waals surface area contributed by atoms with Gasteiger partial charge in [-0.2, -0.15) is 5.06 Å². The molecule has 2 amide bonds. The lowest BCUT2D eigenvalue weighted by atomic mass is 9.45. The second kappa shape index (κ2) is 16.5. The number of nitrogens with one attached hydrogen (secondary N) is 2. The zero-order chi connectivity index (χ0) is 38.6. The van der Waals surface area contributed by atoms with Gasteiger partial charge in [-0.15, -0.1) is 0 Å². The van der Waals surface area contributed by atoms with Crippen LogP contribution in [0.4, 0.5) is 0 Å². The van der Waals surface area contributed by atoms with Gasteiger partial charge in [0.15, 0.2) is 0 Å². The number of hydrogen-bond acceptors (Lipinski definition) is 9. The summed E-state index contributed by atoms with van der Waals surface area (Å²) in [6, 6.07) is -0.493. The minimum absolute atomic E-state index is 0.0775. The van der Waals surface area contributed by atoms with E-state index in [-0.39, 0.29) is 60.4 Å². The summed E-state index contributed by atoms with van der Waals surface area (Å²) in [4.78, 5) is 37.0. The number of carbonyl (C=O) groups is 2. The molecule has 7 aliphatic carbocycles. The normalized spacial score (nSPS) is 46.8. The van der Waals surface area contributed by atoms with Crippen molar-refractivity contribution in [3.05, 3.63) is 0 Å². The summed E-state index contributed by atoms with van der Waals surface area (Å²) in [5.74, 6) is 2.36. The first-order valence-corrected chi connectivity index (χ1v) is 21.9. The minimum atomic E-state index is -0.834. The first-order chi connectivity index (χ1) is 25.7. The van der Waals surface area contributed by atoms with Gasteiger partial charge in [-0.1, -0.05) is 46.5 Å². The quantitative estimate of drug-likeness (QED) is 0.212. The van der Waals surface area contributed by atoms with Gasteiger partial charge in [0.1, 0.15) is 12.1 Å². The number of methoxy groups -OCH3 is 1. The second-order valence-corrected chi connectivity index (χ2v) is 20.1. The minimum Gasteiger partial charge on any atom is -0.394 e. The van der Waals surface area contributed by atoms with Crippen LogP contribution in [0.5, 0.6) is 0 Å². The smallest absolute Gasteiger partial charge is 0.240 e. The van der Waals surface area contributed by atoms with Crippen LogP contribution in [0.15, 0.2) is 0 Å². The van der Waals surface area contributed by atoms with Gasteiger partial charge in [-0.05, 0) is 126 Å². The zero-order valence-corrected chi connectivity index (χ0v) is 34.4. The van der Waals surface area contributed by atoms with E-state index in [0.717, 1.165) is 64.2 Å². The van der Waals surface area contributed by atoms with Crippen LogP contribution in [0.2, 0.25) is 0 Å². The molecule has 0 aromatic rings. The van der Waals surface area contributed by atoms with E-state index in [1.54, 1.807) is 19.1 Å². The molecular weight excluding hydrogens is 684 g/mol. The topological polar surface area (TPSA) is 144 Å². The molecule has 2 bridgehead atoms. The molecular formula is C43H74N4O7. The summed E-state index contributed by atoms with van der Waals surface area (Å²) >= 11 is 0. The van der Waals surface area contributed by atoms with Crippen molar-refractivity contribution in [2.24, 2.45) is 64.6 Å².